The third-order valence-electron chi connectivity index (χ3n) is 4.29. The number of piperidine rings is 1. The summed E-state index contributed by atoms with van der Waals surface area (Å²) in [6.45, 7) is 7.88. The number of benzene rings is 1. The molecule has 0 saturated carbocycles. The normalized spacial score (nSPS) is 27.6. The zero-order chi connectivity index (χ0) is 12.5. The van der Waals surface area contributed by atoms with Crippen LogP contribution in [0.15, 0.2) is 29.4 Å². The second kappa shape index (κ2) is 4.73. The zero-order valence-corrected chi connectivity index (χ0v) is 11.2. The van der Waals surface area contributed by atoms with Gasteiger partial charge in [0, 0.05) is 31.1 Å². The molecule has 1 aromatic rings. The number of likely N-dealkylation sites (tertiary alicyclic amines) is 1. The highest BCUT2D eigenvalue weighted by Crippen LogP contribution is 2.33. The molecule has 2 aliphatic rings. The first-order valence-corrected chi connectivity index (χ1v) is 6.89. The number of aryl methyl sites for hydroxylation is 1. The molecule has 3 rings (SSSR count). The van der Waals surface area contributed by atoms with Crippen LogP contribution >= 0.6 is 0 Å². The average Bonchev–Trinajstić information content (AvgIpc) is 2.82. The number of hydrogen-bond donors (Lipinski definition) is 1. The Morgan fingerprint density at radius 3 is 3.00 bits per heavy atom. The van der Waals surface area contributed by atoms with Gasteiger partial charge in [-0.1, -0.05) is 31.2 Å². The van der Waals surface area contributed by atoms with Crippen molar-refractivity contribution < 1.29 is 0 Å². The number of hydrogen-bond acceptors (Lipinski definition) is 3. The highest BCUT2D eigenvalue weighted by Gasteiger charge is 2.36. The molecular formula is C15H21N3. The predicted molar refractivity (Wildman–Crippen MR) is 74.7 cm³/mol. The Morgan fingerprint density at radius 2 is 2.22 bits per heavy atom. The van der Waals surface area contributed by atoms with E-state index < -0.39 is 0 Å². The van der Waals surface area contributed by atoms with E-state index in [2.05, 4.69) is 53.5 Å². The largest absolute Gasteiger partial charge is 0.302 e. The Bertz CT molecular complexity index is 467. The number of fused-ring (bicyclic) bond motifs is 1. The van der Waals surface area contributed by atoms with Crippen molar-refractivity contribution >= 4 is 5.71 Å². The molecule has 2 atom stereocenters. The number of nitrogens with one attached hydrogen (secondary N) is 1. The molecule has 3 nitrogen and oxygen atoms in total. The van der Waals surface area contributed by atoms with E-state index in [1.54, 1.807) is 0 Å². The average molecular weight is 243 g/mol. The van der Waals surface area contributed by atoms with Crippen LogP contribution in [0.1, 0.15) is 30.5 Å². The van der Waals surface area contributed by atoms with Crippen LogP contribution in [-0.2, 0) is 0 Å². The summed E-state index contributed by atoms with van der Waals surface area (Å²) in [6, 6.07) is 9.03. The van der Waals surface area contributed by atoms with Crippen LogP contribution in [0.2, 0.25) is 0 Å². The van der Waals surface area contributed by atoms with E-state index in [0.717, 1.165) is 26.1 Å². The van der Waals surface area contributed by atoms with Crippen LogP contribution in [0.3, 0.4) is 0 Å². The number of rotatable bonds is 2. The third-order valence-corrected chi connectivity index (χ3v) is 4.29. The molecule has 0 aliphatic carbocycles. The molecule has 1 aromatic carbocycles. The molecule has 0 bridgehead atoms. The molecule has 1 fully saturated rings. The molecule has 3 heteroatoms. The van der Waals surface area contributed by atoms with Crippen molar-refractivity contribution in [1.29, 1.82) is 0 Å². The molecule has 1 N–H and O–H groups in total. The molecule has 18 heavy (non-hydrogen) atoms. The van der Waals surface area contributed by atoms with Crippen LogP contribution in [0.5, 0.6) is 0 Å². The van der Waals surface area contributed by atoms with Crippen molar-refractivity contribution in [2.45, 2.75) is 26.3 Å². The van der Waals surface area contributed by atoms with E-state index >= 15 is 0 Å². The first kappa shape index (κ1) is 11.7. The van der Waals surface area contributed by atoms with Crippen molar-refractivity contribution in [3.05, 3.63) is 35.4 Å². The van der Waals surface area contributed by atoms with Gasteiger partial charge in [0.1, 0.15) is 0 Å². The van der Waals surface area contributed by atoms with Crippen LogP contribution in [-0.4, -0.2) is 30.2 Å². The van der Waals surface area contributed by atoms with Crippen LogP contribution in [0.25, 0.3) is 0 Å². The molecular weight excluding hydrogens is 222 g/mol. The Hall–Kier alpha value is -1.35. The van der Waals surface area contributed by atoms with E-state index in [4.69, 9.17) is 0 Å². The minimum atomic E-state index is 0.371. The highest BCUT2D eigenvalue weighted by atomic mass is 15.4. The number of nitrogens with zero attached hydrogens (tertiary/aromatic N) is 2. The quantitative estimate of drug-likeness (QED) is 0.863. The fourth-order valence-electron chi connectivity index (χ4n) is 3.12. The van der Waals surface area contributed by atoms with Gasteiger partial charge in [-0.2, -0.15) is 5.10 Å². The topological polar surface area (TPSA) is 27.6 Å². The summed E-state index contributed by atoms with van der Waals surface area (Å²) in [5.74, 6) is 0.555. The highest BCUT2D eigenvalue weighted by molar-refractivity contribution is 5.90. The SMILES string of the molecule is CCN1CCC2=NNC(c3ccccc3C)C2C1. The minimum absolute atomic E-state index is 0.371. The number of hydrazone groups is 1. The summed E-state index contributed by atoms with van der Waals surface area (Å²) in [7, 11) is 0. The molecule has 0 spiro atoms. The van der Waals surface area contributed by atoms with Gasteiger partial charge >= 0.3 is 0 Å². The Morgan fingerprint density at radius 1 is 1.39 bits per heavy atom. The van der Waals surface area contributed by atoms with Gasteiger partial charge in [-0.3, -0.25) is 0 Å². The van der Waals surface area contributed by atoms with Gasteiger partial charge < -0.3 is 10.3 Å². The molecule has 1 saturated heterocycles. The first-order valence-electron chi connectivity index (χ1n) is 6.89. The summed E-state index contributed by atoms with van der Waals surface area (Å²) >= 11 is 0. The predicted octanol–water partition coefficient (Wildman–Crippen LogP) is 2.34. The maximum Gasteiger partial charge on any atom is 0.0785 e. The lowest BCUT2D eigenvalue weighted by molar-refractivity contribution is 0.238. The third kappa shape index (κ3) is 1.93. The zero-order valence-electron chi connectivity index (χ0n) is 11.2. The molecule has 2 heterocycles. The fourth-order valence-corrected chi connectivity index (χ4v) is 3.12. The summed E-state index contributed by atoms with van der Waals surface area (Å²) in [6.07, 6.45) is 1.12. The minimum Gasteiger partial charge on any atom is -0.302 e. The second-order valence-corrected chi connectivity index (χ2v) is 5.32. The van der Waals surface area contributed by atoms with Gasteiger partial charge in [-0.15, -0.1) is 0 Å². The fraction of sp³-hybridized carbons (Fsp3) is 0.533. The smallest absolute Gasteiger partial charge is 0.0785 e. The lowest BCUT2D eigenvalue weighted by Gasteiger charge is -2.33. The summed E-state index contributed by atoms with van der Waals surface area (Å²) in [5.41, 5.74) is 7.49. The monoisotopic (exact) mass is 243 g/mol. The molecule has 0 aromatic heterocycles. The molecule has 0 radical (unpaired) electrons. The van der Waals surface area contributed by atoms with E-state index in [-0.39, 0.29) is 0 Å². The Labute approximate surface area is 109 Å². The Kier molecular flexibility index (Phi) is 3.08. The van der Waals surface area contributed by atoms with Crippen molar-refractivity contribution in [1.82, 2.24) is 10.3 Å². The lowest BCUT2D eigenvalue weighted by atomic mass is 9.85. The molecule has 0 amide bonds. The first-order chi connectivity index (χ1) is 8.79. The van der Waals surface area contributed by atoms with Gasteiger partial charge in [-0.05, 0) is 24.6 Å². The van der Waals surface area contributed by atoms with Crippen LogP contribution in [0.4, 0.5) is 0 Å². The summed E-state index contributed by atoms with van der Waals surface area (Å²) in [5, 5.41) is 4.57. The van der Waals surface area contributed by atoms with E-state index in [0.29, 0.717) is 12.0 Å². The van der Waals surface area contributed by atoms with Crippen molar-refractivity contribution in [2.75, 3.05) is 19.6 Å². The summed E-state index contributed by atoms with van der Waals surface area (Å²) < 4.78 is 0. The van der Waals surface area contributed by atoms with Gasteiger partial charge in [0.05, 0.1) is 6.04 Å². The second-order valence-electron chi connectivity index (χ2n) is 5.32. The molecule has 96 valence electrons. The molecule has 2 unspecified atom stereocenters. The lowest BCUT2D eigenvalue weighted by Crippen LogP contribution is -2.41. The Balaban J connectivity index is 1.85. The van der Waals surface area contributed by atoms with E-state index in [1.807, 2.05) is 0 Å². The van der Waals surface area contributed by atoms with Crippen molar-refractivity contribution in [3.63, 3.8) is 0 Å². The van der Waals surface area contributed by atoms with Gasteiger partial charge in [0.25, 0.3) is 0 Å². The van der Waals surface area contributed by atoms with Crippen molar-refractivity contribution in [3.8, 4) is 0 Å². The summed E-state index contributed by atoms with van der Waals surface area (Å²) in [4.78, 5) is 2.53. The van der Waals surface area contributed by atoms with Crippen molar-refractivity contribution in [2.24, 2.45) is 11.0 Å². The maximum atomic E-state index is 4.57. The van der Waals surface area contributed by atoms with Gasteiger partial charge in [0.2, 0.25) is 0 Å². The standard InChI is InChI=1S/C15H21N3/c1-3-18-9-8-14-13(10-18)15(17-16-14)12-7-5-4-6-11(12)2/h4-7,13,15,17H,3,8-10H2,1-2H3. The van der Waals surface area contributed by atoms with E-state index in [1.165, 1.54) is 16.8 Å². The van der Waals surface area contributed by atoms with Crippen LogP contribution < -0.4 is 5.43 Å². The van der Waals surface area contributed by atoms with Gasteiger partial charge in [-0.25, -0.2) is 0 Å². The molecule has 2 aliphatic heterocycles. The van der Waals surface area contributed by atoms with Gasteiger partial charge in [0.15, 0.2) is 0 Å². The van der Waals surface area contributed by atoms with E-state index in [9.17, 15) is 0 Å². The van der Waals surface area contributed by atoms with Crippen LogP contribution in [0, 0.1) is 12.8 Å². The maximum absolute atomic E-state index is 4.57.